The van der Waals surface area contributed by atoms with Crippen molar-refractivity contribution >= 4 is 22.0 Å². The zero-order valence-corrected chi connectivity index (χ0v) is 13.7. The van der Waals surface area contributed by atoms with Crippen molar-refractivity contribution in [1.82, 2.24) is 4.31 Å². The highest BCUT2D eigenvalue weighted by atomic mass is 32.2. The van der Waals surface area contributed by atoms with Gasteiger partial charge in [0, 0.05) is 19.5 Å². The van der Waals surface area contributed by atoms with Gasteiger partial charge in [0.1, 0.15) is 0 Å². The first kappa shape index (κ1) is 16.9. The van der Waals surface area contributed by atoms with Gasteiger partial charge in [0.15, 0.2) is 0 Å². The summed E-state index contributed by atoms with van der Waals surface area (Å²) in [6, 6.07) is 5.45. The number of sulfonamides is 1. The molecule has 0 aliphatic carbocycles. The van der Waals surface area contributed by atoms with Gasteiger partial charge in [-0.1, -0.05) is 0 Å². The SMILES string of the molecule is O=C(O[C@H]1CCOC1=O)c1ccc(S(=O)(=O)N2CCOCC2)cc1. The molecule has 3 rings (SSSR count). The van der Waals surface area contributed by atoms with Crippen LogP contribution in [-0.2, 0) is 29.0 Å². The lowest BCUT2D eigenvalue weighted by atomic mass is 10.2. The monoisotopic (exact) mass is 355 g/mol. The summed E-state index contributed by atoms with van der Waals surface area (Å²) in [5.41, 5.74) is 0.177. The van der Waals surface area contributed by atoms with Crippen LogP contribution in [-0.4, -0.2) is 63.7 Å². The standard InChI is InChI=1S/C15H17NO7S/c17-14(23-13-5-8-22-15(13)18)11-1-3-12(4-2-11)24(19,20)16-6-9-21-10-7-16/h1-4,13H,5-10H2/t13-/m0/s1. The molecular weight excluding hydrogens is 338 g/mol. The van der Waals surface area contributed by atoms with E-state index in [2.05, 4.69) is 0 Å². The van der Waals surface area contributed by atoms with Gasteiger partial charge in [-0.25, -0.2) is 18.0 Å². The highest BCUT2D eigenvalue weighted by Gasteiger charge is 2.31. The molecule has 2 aliphatic rings. The number of nitrogens with zero attached hydrogens (tertiary/aromatic N) is 1. The molecular formula is C15H17NO7S. The molecule has 24 heavy (non-hydrogen) atoms. The number of hydrogen-bond donors (Lipinski definition) is 0. The predicted octanol–water partition coefficient (Wildman–Crippen LogP) is 0.180. The van der Waals surface area contributed by atoms with Crippen LogP contribution in [0.5, 0.6) is 0 Å². The molecule has 0 bridgehead atoms. The summed E-state index contributed by atoms with van der Waals surface area (Å²) in [6.07, 6.45) is -0.567. The van der Waals surface area contributed by atoms with Gasteiger partial charge in [0.05, 0.1) is 30.3 Å². The second-order valence-corrected chi connectivity index (χ2v) is 7.33. The first-order valence-electron chi connectivity index (χ1n) is 7.54. The van der Waals surface area contributed by atoms with Gasteiger partial charge in [-0.15, -0.1) is 0 Å². The molecule has 2 heterocycles. The first-order valence-corrected chi connectivity index (χ1v) is 8.98. The Bertz CT molecular complexity index is 723. The van der Waals surface area contributed by atoms with E-state index in [4.69, 9.17) is 14.2 Å². The third kappa shape index (κ3) is 3.42. The maximum Gasteiger partial charge on any atom is 0.347 e. The molecule has 0 N–H and O–H groups in total. The largest absolute Gasteiger partial charge is 0.463 e. The van der Waals surface area contributed by atoms with Crippen LogP contribution in [0.3, 0.4) is 0 Å². The van der Waals surface area contributed by atoms with Crippen molar-refractivity contribution in [2.24, 2.45) is 0 Å². The molecule has 0 spiro atoms. The number of carbonyl (C=O) groups excluding carboxylic acids is 2. The number of esters is 2. The Kier molecular flexibility index (Phi) is 4.83. The molecule has 1 atom stereocenters. The van der Waals surface area contributed by atoms with Crippen LogP contribution in [0.25, 0.3) is 0 Å². The van der Waals surface area contributed by atoms with Crippen LogP contribution >= 0.6 is 0 Å². The lowest BCUT2D eigenvalue weighted by Gasteiger charge is -2.26. The normalized spacial score (nSPS) is 22.2. The molecule has 2 aliphatic heterocycles. The van der Waals surface area contributed by atoms with Gasteiger partial charge in [-0.2, -0.15) is 4.31 Å². The smallest absolute Gasteiger partial charge is 0.347 e. The Labute approximate surface area is 139 Å². The fourth-order valence-electron chi connectivity index (χ4n) is 2.48. The van der Waals surface area contributed by atoms with E-state index in [1.54, 1.807) is 0 Å². The van der Waals surface area contributed by atoms with E-state index in [-0.39, 0.29) is 17.1 Å². The summed E-state index contributed by atoms with van der Waals surface area (Å²) >= 11 is 0. The maximum atomic E-state index is 12.5. The van der Waals surface area contributed by atoms with E-state index in [0.717, 1.165) is 0 Å². The summed E-state index contributed by atoms with van der Waals surface area (Å²) in [5.74, 6) is -1.25. The van der Waals surface area contributed by atoms with Crippen LogP contribution in [0.1, 0.15) is 16.8 Å². The fourth-order valence-corrected chi connectivity index (χ4v) is 3.89. The third-order valence-corrected chi connectivity index (χ3v) is 5.75. The van der Waals surface area contributed by atoms with Gasteiger partial charge < -0.3 is 14.2 Å². The molecule has 130 valence electrons. The second-order valence-electron chi connectivity index (χ2n) is 5.39. The Morgan fingerprint density at radius 3 is 2.38 bits per heavy atom. The Balaban J connectivity index is 1.70. The molecule has 0 amide bonds. The van der Waals surface area contributed by atoms with E-state index in [1.807, 2.05) is 0 Å². The molecule has 1 aromatic carbocycles. The van der Waals surface area contributed by atoms with Crippen molar-refractivity contribution in [3.63, 3.8) is 0 Å². The molecule has 2 fully saturated rings. The number of rotatable bonds is 4. The van der Waals surface area contributed by atoms with E-state index >= 15 is 0 Å². The summed E-state index contributed by atoms with van der Waals surface area (Å²) in [5, 5.41) is 0. The van der Waals surface area contributed by atoms with Gasteiger partial charge in [-0.3, -0.25) is 0 Å². The molecule has 0 radical (unpaired) electrons. The van der Waals surface area contributed by atoms with E-state index < -0.39 is 28.1 Å². The average Bonchev–Trinajstić information content (AvgIpc) is 3.00. The van der Waals surface area contributed by atoms with E-state index in [0.29, 0.717) is 32.7 Å². The average molecular weight is 355 g/mol. The zero-order valence-electron chi connectivity index (χ0n) is 12.8. The number of hydrogen-bond acceptors (Lipinski definition) is 7. The van der Waals surface area contributed by atoms with Crippen molar-refractivity contribution in [2.75, 3.05) is 32.9 Å². The number of morpholine rings is 1. The van der Waals surface area contributed by atoms with Crippen molar-refractivity contribution in [3.05, 3.63) is 29.8 Å². The predicted molar refractivity (Wildman–Crippen MR) is 80.8 cm³/mol. The quantitative estimate of drug-likeness (QED) is 0.710. The van der Waals surface area contributed by atoms with E-state index in [9.17, 15) is 18.0 Å². The van der Waals surface area contributed by atoms with Gasteiger partial charge in [-0.05, 0) is 24.3 Å². The van der Waals surface area contributed by atoms with Crippen molar-refractivity contribution < 1.29 is 32.2 Å². The number of benzene rings is 1. The Hall–Kier alpha value is -1.97. The molecule has 9 heteroatoms. The number of carbonyl (C=O) groups is 2. The topological polar surface area (TPSA) is 99.2 Å². The van der Waals surface area contributed by atoms with Crippen LogP contribution in [0.15, 0.2) is 29.2 Å². The van der Waals surface area contributed by atoms with Gasteiger partial charge >= 0.3 is 11.9 Å². The minimum absolute atomic E-state index is 0.0984. The first-order chi connectivity index (χ1) is 11.5. The van der Waals surface area contributed by atoms with Crippen LogP contribution in [0.4, 0.5) is 0 Å². The van der Waals surface area contributed by atoms with Crippen molar-refractivity contribution in [2.45, 2.75) is 17.4 Å². The fraction of sp³-hybridized carbons (Fsp3) is 0.467. The highest BCUT2D eigenvalue weighted by molar-refractivity contribution is 7.89. The maximum absolute atomic E-state index is 12.5. The lowest BCUT2D eigenvalue weighted by Crippen LogP contribution is -2.40. The highest BCUT2D eigenvalue weighted by Crippen LogP contribution is 2.19. The van der Waals surface area contributed by atoms with Gasteiger partial charge in [0.2, 0.25) is 16.1 Å². The second kappa shape index (κ2) is 6.88. The molecule has 8 nitrogen and oxygen atoms in total. The number of cyclic esters (lactones) is 1. The zero-order chi connectivity index (χ0) is 17.2. The van der Waals surface area contributed by atoms with Crippen molar-refractivity contribution in [1.29, 1.82) is 0 Å². The minimum Gasteiger partial charge on any atom is -0.463 e. The van der Waals surface area contributed by atoms with Crippen LogP contribution in [0, 0.1) is 0 Å². The number of ether oxygens (including phenoxy) is 3. The summed E-state index contributed by atoms with van der Waals surface area (Å²) in [6.45, 7) is 1.56. The van der Waals surface area contributed by atoms with Crippen LogP contribution in [0.2, 0.25) is 0 Å². The Morgan fingerprint density at radius 2 is 1.79 bits per heavy atom. The minimum atomic E-state index is -3.61. The summed E-state index contributed by atoms with van der Waals surface area (Å²) in [7, 11) is -3.61. The summed E-state index contributed by atoms with van der Waals surface area (Å²) in [4.78, 5) is 23.4. The van der Waals surface area contributed by atoms with E-state index in [1.165, 1.54) is 28.6 Å². The third-order valence-electron chi connectivity index (χ3n) is 3.83. The van der Waals surface area contributed by atoms with Crippen molar-refractivity contribution in [3.8, 4) is 0 Å². The molecule has 0 aromatic heterocycles. The molecule has 0 unspecified atom stereocenters. The molecule has 0 saturated carbocycles. The van der Waals surface area contributed by atoms with Crippen LogP contribution < -0.4 is 0 Å². The lowest BCUT2D eigenvalue weighted by molar-refractivity contribution is -0.145. The Morgan fingerprint density at radius 1 is 1.12 bits per heavy atom. The molecule has 2 saturated heterocycles. The van der Waals surface area contributed by atoms with Gasteiger partial charge in [0.25, 0.3) is 0 Å². The molecule has 1 aromatic rings. The summed E-state index contributed by atoms with van der Waals surface area (Å²) < 4.78 is 41.2.